The van der Waals surface area contributed by atoms with Gasteiger partial charge in [-0.15, -0.1) is 0 Å². The zero-order chi connectivity index (χ0) is 17.8. The third kappa shape index (κ3) is 9.06. The molecule has 0 saturated heterocycles. The molecule has 0 saturated carbocycles. The van der Waals surface area contributed by atoms with Crippen molar-refractivity contribution in [1.82, 2.24) is 0 Å². The number of benzene rings is 1. The Balaban J connectivity index is 2.16. The number of halogens is 1. The molecule has 0 heterocycles. The van der Waals surface area contributed by atoms with E-state index in [0.29, 0.717) is 13.0 Å². The lowest BCUT2D eigenvalue weighted by atomic mass is 10.1. The van der Waals surface area contributed by atoms with Gasteiger partial charge in [-0.25, -0.2) is 0 Å². The zero-order valence-corrected chi connectivity index (χ0v) is 16.1. The summed E-state index contributed by atoms with van der Waals surface area (Å²) in [7, 11) is 0. The first kappa shape index (κ1) is 20.7. The molecule has 0 fully saturated rings. The number of hydrogen-bond acceptors (Lipinski definition) is 4. The number of rotatable bonds is 11. The van der Waals surface area contributed by atoms with Gasteiger partial charge in [-0.2, -0.15) is 0 Å². The Morgan fingerprint density at radius 2 is 1.83 bits per heavy atom. The van der Waals surface area contributed by atoms with Gasteiger partial charge in [0.2, 0.25) is 0 Å². The SMILES string of the molecule is CCCCCCOC(=O)CCCC(=O)OC(C)c1cccc(Br)c1. The highest BCUT2D eigenvalue weighted by Gasteiger charge is 2.13. The van der Waals surface area contributed by atoms with Gasteiger partial charge < -0.3 is 9.47 Å². The van der Waals surface area contributed by atoms with Crippen molar-refractivity contribution in [3.63, 3.8) is 0 Å². The molecule has 0 N–H and O–H groups in total. The summed E-state index contributed by atoms with van der Waals surface area (Å²) in [6.45, 7) is 4.45. The molecule has 0 spiro atoms. The van der Waals surface area contributed by atoms with E-state index in [1.54, 1.807) is 0 Å². The minimum absolute atomic E-state index is 0.225. The summed E-state index contributed by atoms with van der Waals surface area (Å²) in [4.78, 5) is 23.4. The second-order valence-electron chi connectivity index (χ2n) is 5.82. The lowest BCUT2D eigenvalue weighted by molar-refractivity contribution is -0.149. The number of hydrogen-bond donors (Lipinski definition) is 0. The van der Waals surface area contributed by atoms with E-state index in [-0.39, 0.29) is 30.9 Å². The summed E-state index contributed by atoms with van der Waals surface area (Å²) >= 11 is 3.40. The molecule has 0 amide bonds. The molecule has 1 aromatic carbocycles. The molecule has 0 bridgehead atoms. The molecular formula is C19H27BrO4. The van der Waals surface area contributed by atoms with Gasteiger partial charge in [0.15, 0.2) is 0 Å². The summed E-state index contributed by atoms with van der Waals surface area (Å²) < 4.78 is 11.5. The maximum absolute atomic E-state index is 11.8. The van der Waals surface area contributed by atoms with E-state index in [1.807, 2.05) is 31.2 Å². The predicted octanol–water partition coefficient (Wildman–Crippen LogP) is 5.35. The lowest BCUT2D eigenvalue weighted by Gasteiger charge is -2.13. The Bertz CT molecular complexity index is 516. The van der Waals surface area contributed by atoms with Crippen LogP contribution in [0.25, 0.3) is 0 Å². The summed E-state index contributed by atoms with van der Waals surface area (Å²) in [5.74, 6) is -0.530. The third-order valence-electron chi connectivity index (χ3n) is 3.65. The molecule has 0 aliphatic carbocycles. The summed E-state index contributed by atoms with van der Waals surface area (Å²) in [5.41, 5.74) is 0.934. The maximum Gasteiger partial charge on any atom is 0.306 e. The van der Waals surface area contributed by atoms with Crippen molar-refractivity contribution in [3.8, 4) is 0 Å². The fraction of sp³-hybridized carbons (Fsp3) is 0.579. The van der Waals surface area contributed by atoms with E-state index >= 15 is 0 Å². The summed E-state index contributed by atoms with van der Waals surface area (Å²) in [6, 6.07) is 7.67. The average molecular weight is 399 g/mol. The van der Waals surface area contributed by atoms with Gasteiger partial charge in [0.05, 0.1) is 6.61 Å². The van der Waals surface area contributed by atoms with Crippen LogP contribution in [-0.4, -0.2) is 18.5 Å². The second-order valence-corrected chi connectivity index (χ2v) is 6.74. The van der Waals surface area contributed by atoms with E-state index in [2.05, 4.69) is 22.9 Å². The van der Waals surface area contributed by atoms with Crippen LogP contribution in [0.4, 0.5) is 0 Å². The molecule has 0 radical (unpaired) electrons. The van der Waals surface area contributed by atoms with Gasteiger partial charge in [-0.05, 0) is 37.5 Å². The molecule has 4 nitrogen and oxygen atoms in total. The van der Waals surface area contributed by atoms with Gasteiger partial charge in [-0.3, -0.25) is 9.59 Å². The molecule has 24 heavy (non-hydrogen) atoms. The fourth-order valence-electron chi connectivity index (χ4n) is 2.25. The first-order valence-electron chi connectivity index (χ1n) is 8.63. The largest absolute Gasteiger partial charge is 0.466 e. The summed E-state index contributed by atoms with van der Waals surface area (Å²) in [5, 5.41) is 0. The van der Waals surface area contributed by atoms with Gasteiger partial charge in [-0.1, -0.05) is 54.2 Å². The quantitative estimate of drug-likeness (QED) is 0.372. The van der Waals surface area contributed by atoms with Crippen molar-refractivity contribution in [2.24, 2.45) is 0 Å². The van der Waals surface area contributed by atoms with Crippen molar-refractivity contribution >= 4 is 27.9 Å². The van der Waals surface area contributed by atoms with Crippen molar-refractivity contribution in [2.75, 3.05) is 6.61 Å². The van der Waals surface area contributed by atoms with Gasteiger partial charge >= 0.3 is 11.9 Å². The van der Waals surface area contributed by atoms with E-state index in [9.17, 15) is 9.59 Å². The topological polar surface area (TPSA) is 52.6 Å². The lowest BCUT2D eigenvalue weighted by Crippen LogP contribution is -2.11. The monoisotopic (exact) mass is 398 g/mol. The van der Waals surface area contributed by atoms with Crippen LogP contribution >= 0.6 is 15.9 Å². The molecule has 134 valence electrons. The Kier molecular flexibility index (Phi) is 10.4. The first-order valence-corrected chi connectivity index (χ1v) is 9.42. The van der Waals surface area contributed by atoms with E-state index in [0.717, 1.165) is 29.3 Å². The van der Waals surface area contributed by atoms with Crippen LogP contribution in [-0.2, 0) is 19.1 Å². The van der Waals surface area contributed by atoms with Gasteiger partial charge in [0.25, 0.3) is 0 Å². The number of ether oxygens (including phenoxy) is 2. The van der Waals surface area contributed by atoms with Crippen LogP contribution in [0.5, 0.6) is 0 Å². The van der Waals surface area contributed by atoms with Crippen LogP contribution < -0.4 is 0 Å². The highest BCUT2D eigenvalue weighted by Crippen LogP contribution is 2.21. The predicted molar refractivity (Wildman–Crippen MR) is 97.6 cm³/mol. The van der Waals surface area contributed by atoms with Crippen LogP contribution in [0.3, 0.4) is 0 Å². The first-order chi connectivity index (χ1) is 11.5. The van der Waals surface area contributed by atoms with Crippen molar-refractivity contribution in [3.05, 3.63) is 34.3 Å². The highest BCUT2D eigenvalue weighted by molar-refractivity contribution is 9.10. The summed E-state index contributed by atoms with van der Waals surface area (Å²) in [6.07, 6.45) is 4.96. The number of carbonyl (C=O) groups excluding carboxylic acids is 2. The van der Waals surface area contributed by atoms with E-state index < -0.39 is 0 Å². The minimum atomic E-state index is -0.305. The second kappa shape index (κ2) is 12.1. The highest BCUT2D eigenvalue weighted by atomic mass is 79.9. The Hall–Kier alpha value is -1.36. The number of esters is 2. The molecular weight excluding hydrogens is 372 g/mol. The Morgan fingerprint density at radius 3 is 2.54 bits per heavy atom. The smallest absolute Gasteiger partial charge is 0.306 e. The van der Waals surface area contributed by atoms with E-state index in [1.165, 1.54) is 6.42 Å². The molecule has 0 aliphatic heterocycles. The standard InChI is InChI=1S/C19H27BrO4/c1-3-4-5-6-13-23-18(21)11-8-12-19(22)24-15(2)16-9-7-10-17(20)14-16/h7,9-10,14-15H,3-6,8,11-13H2,1-2H3. The van der Waals surface area contributed by atoms with E-state index in [4.69, 9.17) is 9.47 Å². The van der Waals surface area contributed by atoms with Crippen molar-refractivity contribution < 1.29 is 19.1 Å². The number of unbranched alkanes of at least 4 members (excludes halogenated alkanes) is 3. The Labute approximate surface area is 153 Å². The van der Waals surface area contributed by atoms with Crippen LogP contribution in [0.1, 0.15) is 70.5 Å². The van der Waals surface area contributed by atoms with Crippen LogP contribution in [0, 0.1) is 0 Å². The van der Waals surface area contributed by atoms with Crippen molar-refractivity contribution in [1.29, 1.82) is 0 Å². The molecule has 1 unspecified atom stereocenters. The number of carbonyl (C=O) groups is 2. The molecule has 0 aromatic heterocycles. The molecule has 5 heteroatoms. The van der Waals surface area contributed by atoms with Crippen molar-refractivity contribution in [2.45, 2.75) is 64.9 Å². The average Bonchev–Trinajstić information content (AvgIpc) is 2.54. The van der Waals surface area contributed by atoms with Crippen LogP contribution in [0.15, 0.2) is 28.7 Å². The van der Waals surface area contributed by atoms with Gasteiger partial charge in [0, 0.05) is 17.3 Å². The van der Waals surface area contributed by atoms with Gasteiger partial charge in [0.1, 0.15) is 6.10 Å². The normalized spacial score (nSPS) is 11.8. The zero-order valence-electron chi connectivity index (χ0n) is 14.6. The molecule has 0 aliphatic rings. The molecule has 1 aromatic rings. The maximum atomic E-state index is 11.8. The third-order valence-corrected chi connectivity index (χ3v) is 4.14. The fourth-order valence-corrected chi connectivity index (χ4v) is 2.66. The minimum Gasteiger partial charge on any atom is -0.466 e. The molecule has 1 atom stereocenters. The molecule has 1 rings (SSSR count). The Morgan fingerprint density at radius 1 is 1.08 bits per heavy atom. The van der Waals surface area contributed by atoms with Crippen LogP contribution in [0.2, 0.25) is 0 Å².